The molecule has 6 heteroatoms. The van der Waals surface area contributed by atoms with Crippen molar-refractivity contribution < 1.29 is 24.2 Å². The van der Waals surface area contributed by atoms with Crippen LogP contribution in [0.2, 0.25) is 0 Å². The third kappa shape index (κ3) is 3.95. The molecule has 0 aliphatic rings. The highest BCUT2D eigenvalue weighted by molar-refractivity contribution is 6.04. The minimum atomic E-state index is -1.13. The Labute approximate surface area is 183 Å². The van der Waals surface area contributed by atoms with Gasteiger partial charge in [-0.05, 0) is 52.9 Å². The van der Waals surface area contributed by atoms with Crippen molar-refractivity contribution in [1.82, 2.24) is 4.98 Å². The van der Waals surface area contributed by atoms with Crippen molar-refractivity contribution in [2.24, 2.45) is 0 Å². The maximum Gasteiger partial charge on any atom is 0.336 e. The third-order valence-corrected chi connectivity index (χ3v) is 5.49. The number of hydrogen-bond acceptors (Lipinski definition) is 3. The molecular formula is C26H20FNO4. The summed E-state index contributed by atoms with van der Waals surface area (Å²) in [5.74, 6) is -2.64. The van der Waals surface area contributed by atoms with Gasteiger partial charge in [-0.1, -0.05) is 49.4 Å². The lowest BCUT2D eigenvalue weighted by atomic mass is 9.92. The Bertz CT molecular complexity index is 1350. The minimum absolute atomic E-state index is 0.0617. The summed E-state index contributed by atoms with van der Waals surface area (Å²) >= 11 is 0. The van der Waals surface area contributed by atoms with E-state index in [1.807, 2.05) is 31.2 Å². The first kappa shape index (κ1) is 21.2. The fourth-order valence-electron chi connectivity index (χ4n) is 3.98. The van der Waals surface area contributed by atoms with Crippen molar-refractivity contribution in [2.45, 2.75) is 19.8 Å². The number of aryl methyl sites for hydroxylation is 1. The standard InChI is InChI=1S/C26H20FNO4/c1-2-22-20(24(26(31)32)21-14-17(27)11-12-23(21)28-22)13-15-7-9-16(10-8-15)18-5-3-4-6-19(18)25(29)30/h3-12,14H,2,13H2,1H3,(H,29,30)(H,31,32). The van der Waals surface area contributed by atoms with Gasteiger partial charge in [-0.25, -0.2) is 14.0 Å². The topological polar surface area (TPSA) is 87.5 Å². The number of aromatic nitrogens is 1. The van der Waals surface area contributed by atoms with Crippen LogP contribution in [-0.4, -0.2) is 27.1 Å². The van der Waals surface area contributed by atoms with Gasteiger partial charge in [-0.2, -0.15) is 0 Å². The van der Waals surface area contributed by atoms with Crippen LogP contribution in [0.4, 0.5) is 4.39 Å². The first-order valence-electron chi connectivity index (χ1n) is 10.1. The van der Waals surface area contributed by atoms with Crippen molar-refractivity contribution in [3.8, 4) is 11.1 Å². The summed E-state index contributed by atoms with van der Waals surface area (Å²) in [4.78, 5) is 28.2. The van der Waals surface area contributed by atoms with E-state index < -0.39 is 17.8 Å². The van der Waals surface area contributed by atoms with Crippen molar-refractivity contribution in [3.63, 3.8) is 0 Å². The molecule has 0 bridgehead atoms. The number of pyridine rings is 1. The zero-order chi connectivity index (χ0) is 22.8. The molecule has 0 amide bonds. The van der Waals surface area contributed by atoms with E-state index in [2.05, 4.69) is 4.98 Å². The molecule has 5 nitrogen and oxygen atoms in total. The summed E-state index contributed by atoms with van der Waals surface area (Å²) in [6.45, 7) is 1.90. The first-order chi connectivity index (χ1) is 15.4. The lowest BCUT2D eigenvalue weighted by molar-refractivity contribution is 0.0687. The molecule has 0 saturated carbocycles. The average molecular weight is 429 g/mol. The molecule has 0 aliphatic carbocycles. The summed E-state index contributed by atoms with van der Waals surface area (Å²) in [5.41, 5.74) is 4.13. The highest BCUT2D eigenvalue weighted by Crippen LogP contribution is 2.29. The number of carbonyl (C=O) groups is 2. The Balaban J connectivity index is 1.78. The molecule has 160 valence electrons. The number of carboxylic acid groups (broad SMARTS) is 2. The van der Waals surface area contributed by atoms with Crippen LogP contribution in [0.15, 0.2) is 66.7 Å². The Kier molecular flexibility index (Phi) is 5.69. The number of fused-ring (bicyclic) bond motifs is 1. The molecule has 0 aliphatic heterocycles. The lowest BCUT2D eigenvalue weighted by Gasteiger charge is -2.15. The maximum absolute atomic E-state index is 13.9. The van der Waals surface area contributed by atoms with Crippen molar-refractivity contribution >= 4 is 22.8 Å². The molecule has 3 aromatic carbocycles. The molecule has 0 saturated heterocycles. The molecule has 1 aromatic heterocycles. The van der Waals surface area contributed by atoms with Crippen LogP contribution < -0.4 is 0 Å². The Morgan fingerprint density at radius 2 is 1.66 bits per heavy atom. The smallest absolute Gasteiger partial charge is 0.336 e. The van der Waals surface area contributed by atoms with E-state index in [4.69, 9.17) is 0 Å². The summed E-state index contributed by atoms with van der Waals surface area (Å²) in [6, 6.07) is 18.1. The van der Waals surface area contributed by atoms with Crippen molar-refractivity contribution in [3.05, 3.63) is 100 Å². The van der Waals surface area contributed by atoms with E-state index in [1.165, 1.54) is 18.2 Å². The summed E-state index contributed by atoms with van der Waals surface area (Å²) in [5, 5.41) is 19.6. The highest BCUT2D eigenvalue weighted by atomic mass is 19.1. The summed E-state index contributed by atoms with van der Waals surface area (Å²) < 4.78 is 13.9. The Morgan fingerprint density at radius 1 is 0.938 bits per heavy atom. The zero-order valence-electron chi connectivity index (χ0n) is 17.3. The van der Waals surface area contributed by atoms with Crippen LogP contribution in [0.5, 0.6) is 0 Å². The summed E-state index contributed by atoms with van der Waals surface area (Å²) in [6.07, 6.45) is 0.845. The molecule has 32 heavy (non-hydrogen) atoms. The summed E-state index contributed by atoms with van der Waals surface area (Å²) in [7, 11) is 0. The second kappa shape index (κ2) is 8.59. The molecular weight excluding hydrogens is 409 g/mol. The predicted octanol–water partition coefficient (Wildman–Crippen LogP) is 5.59. The van der Waals surface area contributed by atoms with E-state index in [-0.39, 0.29) is 16.5 Å². The molecule has 0 atom stereocenters. The second-order valence-corrected chi connectivity index (χ2v) is 7.46. The molecule has 0 fully saturated rings. The Hall–Kier alpha value is -4.06. The maximum atomic E-state index is 13.9. The van der Waals surface area contributed by atoms with Gasteiger partial charge in [0.2, 0.25) is 0 Å². The minimum Gasteiger partial charge on any atom is -0.478 e. The lowest BCUT2D eigenvalue weighted by Crippen LogP contribution is -2.10. The molecule has 2 N–H and O–H groups in total. The van der Waals surface area contributed by atoms with E-state index in [1.54, 1.807) is 24.3 Å². The third-order valence-electron chi connectivity index (χ3n) is 5.49. The fraction of sp³-hybridized carbons (Fsp3) is 0.115. The predicted molar refractivity (Wildman–Crippen MR) is 120 cm³/mol. The van der Waals surface area contributed by atoms with E-state index >= 15 is 0 Å². The van der Waals surface area contributed by atoms with Gasteiger partial charge in [0.25, 0.3) is 0 Å². The van der Waals surface area contributed by atoms with Crippen LogP contribution in [0.3, 0.4) is 0 Å². The zero-order valence-corrected chi connectivity index (χ0v) is 17.3. The van der Waals surface area contributed by atoms with Gasteiger partial charge in [0, 0.05) is 17.5 Å². The first-order valence-corrected chi connectivity index (χ1v) is 10.1. The SMILES string of the molecule is CCc1nc2ccc(F)cc2c(C(=O)O)c1Cc1ccc(-c2ccccc2C(=O)O)cc1. The van der Waals surface area contributed by atoms with Gasteiger partial charge >= 0.3 is 11.9 Å². The van der Waals surface area contributed by atoms with Crippen molar-refractivity contribution in [1.29, 1.82) is 0 Å². The number of nitrogens with zero attached hydrogens (tertiary/aromatic N) is 1. The van der Waals surface area contributed by atoms with Gasteiger partial charge in [-0.15, -0.1) is 0 Å². The molecule has 4 aromatic rings. The van der Waals surface area contributed by atoms with Gasteiger partial charge in [0.1, 0.15) is 5.82 Å². The normalized spacial score (nSPS) is 10.9. The van der Waals surface area contributed by atoms with E-state index in [0.29, 0.717) is 35.2 Å². The van der Waals surface area contributed by atoms with Crippen LogP contribution >= 0.6 is 0 Å². The van der Waals surface area contributed by atoms with Gasteiger partial charge in [-0.3, -0.25) is 4.98 Å². The largest absolute Gasteiger partial charge is 0.478 e. The quantitative estimate of drug-likeness (QED) is 0.417. The number of benzene rings is 3. The monoisotopic (exact) mass is 429 g/mol. The van der Waals surface area contributed by atoms with E-state index in [0.717, 1.165) is 11.1 Å². The highest BCUT2D eigenvalue weighted by Gasteiger charge is 2.20. The molecule has 4 rings (SSSR count). The number of carboxylic acids is 2. The molecule has 0 radical (unpaired) electrons. The molecule has 1 heterocycles. The van der Waals surface area contributed by atoms with Gasteiger partial charge in [0.05, 0.1) is 16.6 Å². The van der Waals surface area contributed by atoms with Crippen LogP contribution in [-0.2, 0) is 12.8 Å². The number of hydrogen-bond donors (Lipinski definition) is 2. The van der Waals surface area contributed by atoms with Crippen LogP contribution in [0, 0.1) is 5.82 Å². The number of aromatic carboxylic acids is 2. The Morgan fingerprint density at radius 3 is 2.31 bits per heavy atom. The molecule has 0 unspecified atom stereocenters. The van der Waals surface area contributed by atoms with Crippen LogP contribution in [0.1, 0.15) is 44.5 Å². The second-order valence-electron chi connectivity index (χ2n) is 7.46. The van der Waals surface area contributed by atoms with Crippen molar-refractivity contribution in [2.75, 3.05) is 0 Å². The average Bonchev–Trinajstić information content (AvgIpc) is 2.78. The van der Waals surface area contributed by atoms with Gasteiger partial charge in [0.15, 0.2) is 0 Å². The fourth-order valence-corrected chi connectivity index (χ4v) is 3.98. The van der Waals surface area contributed by atoms with Gasteiger partial charge < -0.3 is 10.2 Å². The number of rotatable bonds is 6. The number of halogens is 1. The van der Waals surface area contributed by atoms with E-state index in [9.17, 15) is 24.2 Å². The van der Waals surface area contributed by atoms with Crippen LogP contribution in [0.25, 0.3) is 22.0 Å². The molecule has 0 spiro atoms.